The van der Waals surface area contributed by atoms with E-state index in [0.29, 0.717) is 19.6 Å². The summed E-state index contributed by atoms with van der Waals surface area (Å²) in [5.41, 5.74) is 0.951. The fourth-order valence-electron chi connectivity index (χ4n) is 2.03. The first-order valence-electron chi connectivity index (χ1n) is 6.96. The quantitative estimate of drug-likeness (QED) is 0.742. The van der Waals surface area contributed by atoms with E-state index in [1.54, 1.807) is 26.1 Å². The lowest BCUT2D eigenvalue weighted by Gasteiger charge is -2.25. The summed E-state index contributed by atoms with van der Waals surface area (Å²) in [6.07, 6.45) is 0.639. The molecule has 1 atom stereocenters. The molecule has 0 saturated carbocycles. The maximum absolute atomic E-state index is 12.9. The molecule has 112 valence electrons. The van der Waals surface area contributed by atoms with Gasteiger partial charge in [0.25, 0.3) is 0 Å². The molecule has 0 aliphatic heterocycles. The number of halogens is 1. The Labute approximate surface area is 119 Å². The third kappa shape index (κ3) is 4.81. The van der Waals surface area contributed by atoms with Crippen molar-refractivity contribution in [2.75, 3.05) is 31.6 Å². The molecule has 0 aliphatic rings. The Morgan fingerprint density at radius 2 is 2.00 bits per heavy atom. The number of hydrogen-bond acceptors (Lipinski definition) is 4. The minimum atomic E-state index is -0.315. The number of carbonyl (C=O) groups is 1. The molecule has 0 amide bonds. The Hall–Kier alpha value is -1.62. The molecule has 4 nitrogen and oxygen atoms in total. The molecule has 0 radical (unpaired) electrons. The van der Waals surface area contributed by atoms with Crippen LogP contribution in [0.2, 0.25) is 0 Å². The molecule has 1 N–H and O–H groups in total. The molecule has 0 aromatic heterocycles. The molecule has 5 heteroatoms. The summed E-state index contributed by atoms with van der Waals surface area (Å²) in [6.45, 7) is 5.70. The molecule has 1 aromatic rings. The minimum Gasteiger partial charge on any atom is -0.465 e. The van der Waals surface area contributed by atoms with Crippen LogP contribution in [0.1, 0.15) is 20.3 Å². The van der Waals surface area contributed by atoms with Crippen LogP contribution in [-0.2, 0) is 9.53 Å². The molecule has 1 unspecified atom stereocenters. The summed E-state index contributed by atoms with van der Waals surface area (Å²) in [5.74, 6) is -0.477. The summed E-state index contributed by atoms with van der Waals surface area (Å²) in [6, 6.07) is 6.07. The van der Waals surface area contributed by atoms with Gasteiger partial charge < -0.3 is 15.0 Å². The molecular formula is C15H23FN2O2. The first-order chi connectivity index (χ1) is 9.62. The molecule has 1 rings (SSSR count). The average molecular weight is 282 g/mol. The van der Waals surface area contributed by atoms with E-state index < -0.39 is 0 Å². The second-order valence-electron chi connectivity index (χ2n) is 4.44. The van der Waals surface area contributed by atoms with Crippen LogP contribution in [-0.4, -0.2) is 38.8 Å². The van der Waals surface area contributed by atoms with E-state index in [9.17, 15) is 9.18 Å². The molecule has 0 bridgehead atoms. The van der Waals surface area contributed by atoms with Gasteiger partial charge in [-0.05, 0) is 51.6 Å². The number of carbonyl (C=O) groups excluding carboxylic acids is 1. The summed E-state index contributed by atoms with van der Waals surface area (Å²) >= 11 is 0. The largest absolute Gasteiger partial charge is 0.465 e. The molecule has 0 spiro atoms. The number of nitrogens with one attached hydrogen (secondary N) is 1. The van der Waals surface area contributed by atoms with E-state index in [1.165, 1.54) is 12.1 Å². The predicted octanol–water partition coefficient (Wildman–Crippen LogP) is 2.19. The van der Waals surface area contributed by atoms with Gasteiger partial charge in [-0.1, -0.05) is 0 Å². The molecule has 1 aromatic carbocycles. The van der Waals surface area contributed by atoms with Crippen LogP contribution in [0.4, 0.5) is 10.1 Å². The van der Waals surface area contributed by atoms with Crippen molar-refractivity contribution >= 4 is 11.7 Å². The van der Waals surface area contributed by atoms with Gasteiger partial charge >= 0.3 is 5.97 Å². The van der Waals surface area contributed by atoms with Crippen molar-refractivity contribution in [1.29, 1.82) is 0 Å². The average Bonchev–Trinajstić information content (AvgIpc) is 2.45. The van der Waals surface area contributed by atoms with Gasteiger partial charge in [0.2, 0.25) is 0 Å². The third-order valence-corrected chi connectivity index (χ3v) is 3.18. The Bertz CT molecular complexity index is 409. The first-order valence-corrected chi connectivity index (χ1v) is 6.96. The van der Waals surface area contributed by atoms with Crippen LogP contribution in [0.15, 0.2) is 24.3 Å². The van der Waals surface area contributed by atoms with E-state index in [-0.39, 0.29) is 17.8 Å². The number of nitrogens with zero attached hydrogens (tertiary/aromatic N) is 1. The molecule has 0 aliphatic carbocycles. The summed E-state index contributed by atoms with van der Waals surface area (Å²) < 4.78 is 17.9. The predicted molar refractivity (Wildman–Crippen MR) is 78.4 cm³/mol. The van der Waals surface area contributed by atoms with E-state index in [0.717, 1.165) is 12.2 Å². The number of likely N-dealkylation sites (N-methyl/N-ethyl adjacent to an activating group) is 1. The highest BCUT2D eigenvalue weighted by Gasteiger charge is 2.18. The maximum atomic E-state index is 12.9. The fourth-order valence-corrected chi connectivity index (χ4v) is 2.03. The highest BCUT2D eigenvalue weighted by atomic mass is 19.1. The monoisotopic (exact) mass is 282 g/mol. The van der Waals surface area contributed by atoms with Crippen LogP contribution in [0, 0.1) is 5.82 Å². The van der Waals surface area contributed by atoms with E-state index >= 15 is 0 Å². The lowest BCUT2D eigenvalue weighted by atomic mass is 10.2. The number of ether oxygens (including phenoxy) is 1. The minimum absolute atomic E-state index is 0.231. The lowest BCUT2D eigenvalue weighted by Crippen LogP contribution is -2.39. The number of esters is 1. The second kappa shape index (κ2) is 8.53. The summed E-state index contributed by atoms with van der Waals surface area (Å²) in [4.78, 5) is 13.8. The number of hydrogen-bond donors (Lipinski definition) is 1. The molecule has 0 saturated heterocycles. The zero-order chi connectivity index (χ0) is 15.0. The first kappa shape index (κ1) is 16.4. The number of benzene rings is 1. The zero-order valence-corrected chi connectivity index (χ0v) is 12.4. The Kier molecular flexibility index (Phi) is 7.01. The van der Waals surface area contributed by atoms with Crippen molar-refractivity contribution in [3.63, 3.8) is 0 Å². The van der Waals surface area contributed by atoms with Crippen LogP contribution in [0.5, 0.6) is 0 Å². The van der Waals surface area contributed by atoms with Crippen molar-refractivity contribution in [3.05, 3.63) is 30.1 Å². The summed E-state index contributed by atoms with van der Waals surface area (Å²) in [7, 11) is 1.75. The normalized spacial score (nSPS) is 12.0. The van der Waals surface area contributed by atoms with Crippen LogP contribution in [0.3, 0.4) is 0 Å². The fraction of sp³-hybridized carbons (Fsp3) is 0.533. The highest BCUT2D eigenvalue weighted by Crippen LogP contribution is 2.15. The summed E-state index contributed by atoms with van der Waals surface area (Å²) in [5, 5.41) is 2.97. The molecule has 0 heterocycles. The van der Waals surface area contributed by atoms with Gasteiger partial charge in [-0.15, -0.1) is 0 Å². The standard InChI is InChI=1S/C15H23FN2O2/c1-4-18(13-8-6-12(16)7-9-13)11-10-14(17-3)15(19)20-5-2/h6-9,14,17H,4-5,10-11H2,1-3H3. The van der Waals surface area contributed by atoms with Crippen LogP contribution in [0.25, 0.3) is 0 Å². The van der Waals surface area contributed by atoms with Crippen molar-refractivity contribution in [1.82, 2.24) is 5.32 Å². The molecular weight excluding hydrogens is 259 g/mol. The Morgan fingerprint density at radius 1 is 1.35 bits per heavy atom. The molecule has 20 heavy (non-hydrogen) atoms. The van der Waals surface area contributed by atoms with Crippen molar-refractivity contribution in [2.45, 2.75) is 26.3 Å². The number of anilines is 1. The highest BCUT2D eigenvalue weighted by molar-refractivity contribution is 5.75. The number of rotatable bonds is 8. The van der Waals surface area contributed by atoms with Gasteiger partial charge in [-0.2, -0.15) is 0 Å². The lowest BCUT2D eigenvalue weighted by molar-refractivity contribution is -0.145. The van der Waals surface area contributed by atoms with Gasteiger partial charge in [-0.3, -0.25) is 4.79 Å². The second-order valence-corrected chi connectivity index (χ2v) is 4.44. The molecule has 0 fully saturated rings. The Morgan fingerprint density at radius 3 is 2.50 bits per heavy atom. The zero-order valence-electron chi connectivity index (χ0n) is 12.4. The smallest absolute Gasteiger partial charge is 0.323 e. The van der Waals surface area contributed by atoms with Crippen LogP contribution < -0.4 is 10.2 Å². The van der Waals surface area contributed by atoms with Crippen LogP contribution >= 0.6 is 0 Å². The van der Waals surface area contributed by atoms with E-state index in [4.69, 9.17) is 4.74 Å². The van der Waals surface area contributed by atoms with Crippen molar-refractivity contribution in [2.24, 2.45) is 0 Å². The van der Waals surface area contributed by atoms with Gasteiger partial charge in [-0.25, -0.2) is 4.39 Å². The Balaban J connectivity index is 2.59. The van der Waals surface area contributed by atoms with E-state index in [1.807, 2.05) is 6.92 Å². The van der Waals surface area contributed by atoms with Gasteiger partial charge in [0.05, 0.1) is 6.61 Å². The maximum Gasteiger partial charge on any atom is 0.323 e. The van der Waals surface area contributed by atoms with Gasteiger partial charge in [0.1, 0.15) is 11.9 Å². The van der Waals surface area contributed by atoms with Crippen molar-refractivity contribution in [3.8, 4) is 0 Å². The SMILES string of the molecule is CCOC(=O)C(CCN(CC)c1ccc(F)cc1)NC. The van der Waals surface area contributed by atoms with Gasteiger partial charge in [0, 0.05) is 18.8 Å². The third-order valence-electron chi connectivity index (χ3n) is 3.18. The topological polar surface area (TPSA) is 41.6 Å². The van der Waals surface area contributed by atoms with Crippen molar-refractivity contribution < 1.29 is 13.9 Å². The van der Waals surface area contributed by atoms with E-state index in [2.05, 4.69) is 10.2 Å². The van der Waals surface area contributed by atoms with Gasteiger partial charge in [0.15, 0.2) is 0 Å².